The van der Waals surface area contributed by atoms with Crippen molar-refractivity contribution in [2.24, 2.45) is 0 Å². The maximum atomic E-state index is 14.3. The van der Waals surface area contributed by atoms with Crippen molar-refractivity contribution in [2.75, 3.05) is 53.5 Å². The van der Waals surface area contributed by atoms with Gasteiger partial charge in [0.15, 0.2) is 23.1 Å². The first-order valence-corrected chi connectivity index (χ1v) is 11.0. The molecule has 2 aromatic carbocycles. The van der Waals surface area contributed by atoms with E-state index in [-0.39, 0.29) is 11.3 Å². The van der Waals surface area contributed by atoms with Gasteiger partial charge in [0, 0.05) is 55.9 Å². The van der Waals surface area contributed by atoms with Crippen molar-refractivity contribution in [3.05, 3.63) is 54.0 Å². The molecule has 1 fully saturated rings. The molecule has 0 N–H and O–H groups in total. The molecule has 0 saturated carbocycles. The van der Waals surface area contributed by atoms with Crippen LogP contribution in [-0.2, 0) is 0 Å². The molecular weight excluding hydrogens is 425 g/mol. The molecule has 0 atom stereocenters. The van der Waals surface area contributed by atoms with Gasteiger partial charge in [-0.1, -0.05) is 0 Å². The number of halogens is 1. The number of aldehydes is 1. The van der Waals surface area contributed by atoms with Crippen LogP contribution in [0.3, 0.4) is 0 Å². The van der Waals surface area contributed by atoms with Crippen molar-refractivity contribution < 1.29 is 23.4 Å². The van der Waals surface area contributed by atoms with E-state index in [0.717, 1.165) is 45.2 Å². The molecule has 7 nitrogen and oxygen atoms in total. The lowest BCUT2D eigenvalue weighted by Gasteiger charge is -2.32. The smallest absolute Gasteiger partial charge is 0.166 e. The Morgan fingerprint density at radius 1 is 1.03 bits per heavy atom. The van der Waals surface area contributed by atoms with E-state index in [2.05, 4.69) is 21.8 Å². The number of fused-ring (bicyclic) bond motifs is 1. The van der Waals surface area contributed by atoms with Gasteiger partial charge in [-0.15, -0.1) is 0 Å². The quantitative estimate of drug-likeness (QED) is 0.358. The molecule has 1 saturated heterocycles. The molecule has 4 rings (SSSR count). The predicted molar refractivity (Wildman–Crippen MR) is 124 cm³/mol. The fourth-order valence-corrected chi connectivity index (χ4v) is 3.82. The number of hydrogen-bond acceptors (Lipinski definition) is 7. The van der Waals surface area contributed by atoms with Crippen LogP contribution in [-0.4, -0.2) is 74.6 Å². The number of carbonyl (C=O) groups is 1. The van der Waals surface area contributed by atoms with Crippen LogP contribution < -0.4 is 14.2 Å². The Hall–Kier alpha value is -3.23. The second kappa shape index (κ2) is 10.6. The van der Waals surface area contributed by atoms with Crippen LogP contribution >= 0.6 is 0 Å². The van der Waals surface area contributed by atoms with Crippen LogP contribution in [0.25, 0.3) is 10.9 Å². The van der Waals surface area contributed by atoms with E-state index in [0.29, 0.717) is 41.0 Å². The summed E-state index contributed by atoms with van der Waals surface area (Å²) in [6, 6.07) is 9.32. The van der Waals surface area contributed by atoms with Crippen molar-refractivity contribution in [1.82, 2.24) is 14.8 Å². The summed E-state index contributed by atoms with van der Waals surface area (Å²) in [5.41, 5.74) is 0.891. The molecule has 0 amide bonds. The third-order valence-electron chi connectivity index (χ3n) is 5.77. The van der Waals surface area contributed by atoms with Gasteiger partial charge in [0.1, 0.15) is 12.0 Å². The second-order valence-electron chi connectivity index (χ2n) is 8.09. The van der Waals surface area contributed by atoms with Crippen molar-refractivity contribution in [2.45, 2.75) is 6.42 Å². The Kier molecular flexibility index (Phi) is 7.36. The predicted octanol–water partition coefficient (Wildman–Crippen LogP) is 4.00. The summed E-state index contributed by atoms with van der Waals surface area (Å²) in [4.78, 5) is 20.0. The van der Waals surface area contributed by atoms with E-state index in [1.807, 2.05) is 6.07 Å². The molecule has 8 heteroatoms. The molecule has 3 aromatic rings. The fraction of sp³-hybridized carbons (Fsp3) is 0.360. The monoisotopic (exact) mass is 453 g/mol. The molecule has 1 aliphatic heterocycles. The van der Waals surface area contributed by atoms with Crippen LogP contribution in [0.2, 0.25) is 0 Å². The highest BCUT2D eigenvalue weighted by Gasteiger charge is 2.15. The van der Waals surface area contributed by atoms with Gasteiger partial charge < -0.3 is 24.0 Å². The number of ether oxygens (including phenoxy) is 3. The number of likely N-dealkylation sites (N-methyl/N-ethyl adjacent to an activating group) is 1. The second-order valence-corrected chi connectivity index (χ2v) is 8.09. The highest BCUT2D eigenvalue weighted by atomic mass is 19.1. The average molecular weight is 454 g/mol. The first-order chi connectivity index (χ1) is 16.1. The zero-order valence-corrected chi connectivity index (χ0v) is 18.9. The van der Waals surface area contributed by atoms with E-state index in [1.165, 1.54) is 12.1 Å². The van der Waals surface area contributed by atoms with Crippen molar-refractivity contribution in [3.8, 4) is 23.0 Å². The number of methoxy groups -OCH3 is 1. The number of benzene rings is 2. The molecule has 0 unspecified atom stereocenters. The van der Waals surface area contributed by atoms with Crippen molar-refractivity contribution in [1.29, 1.82) is 0 Å². The minimum Gasteiger partial charge on any atom is -0.493 e. The summed E-state index contributed by atoms with van der Waals surface area (Å²) in [7, 11) is 3.73. The van der Waals surface area contributed by atoms with Gasteiger partial charge in [-0.2, -0.15) is 0 Å². The van der Waals surface area contributed by atoms with Gasteiger partial charge in [0.25, 0.3) is 0 Å². The molecule has 0 radical (unpaired) electrons. The van der Waals surface area contributed by atoms with E-state index in [1.54, 1.807) is 25.4 Å². The van der Waals surface area contributed by atoms with E-state index in [4.69, 9.17) is 14.2 Å². The first kappa shape index (κ1) is 22.9. The summed E-state index contributed by atoms with van der Waals surface area (Å²) in [6.07, 6.45) is 3.10. The summed E-state index contributed by atoms with van der Waals surface area (Å²) in [5.74, 6) is 0.997. The Morgan fingerprint density at radius 3 is 2.58 bits per heavy atom. The summed E-state index contributed by atoms with van der Waals surface area (Å²) < 4.78 is 31.7. The number of aromatic nitrogens is 1. The van der Waals surface area contributed by atoms with E-state index in [9.17, 15) is 9.18 Å². The Balaban J connectivity index is 1.47. The Morgan fingerprint density at radius 2 is 1.85 bits per heavy atom. The van der Waals surface area contributed by atoms with Crippen LogP contribution in [0.5, 0.6) is 23.0 Å². The van der Waals surface area contributed by atoms with Crippen molar-refractivity contribution in [3.63, 3.8) is 0 Å². The largest absolute Gasteiger partial charge is 0.493 e. The lowest BCUT2D eigenvalue weighted by molar-refractivity contribution is 0.112. The Labute approximate surface area is 192 Å². The lowest BCUT2D eigenvalue weighted by Crippen LogP contribution is -2.44. The minimum absolute atomic E-state index is 0.0244. The number of rotatable bonds is 9. The van der Waals surface area contributed by atoms with Crippen LogP contribution in [0, 0.1) is 5.82 Å². The molecule has 0 aliphatic carbocycles. The highest BCUT2D eigenvalue weighted by molar-refractivity contribution is 5.88. The third-order valence-corrected chi connectivity index (χ3v) is 5.77. The zero-order chi connectivity index (χ0) is 23.2. The summed E-state index contributed by atoms with van der Waals surface area (Å²) in [5, 5.41) is 0.665. The molecule has 0 spiro atoms. The van der Waals surface area contributed by atoms with Gasteiger partial charge in [-0.3, -0.25) is 9.78 Å². The topological polar surface area (TPSA) is 64.1 Å². The van der Waals surface area contributed by atoms with Gasteiger partial charge in [-0.25, -0.2) is 4.39 Å². The van der Waals surface area contributed by atoms with E-state index >= 15 is 0 Å². The van der Waals surface area contributed by atoms with Crippen molar-refractivity contribution >= 4 is 17.2 Å². The third kappa shape index (κ3) is 5.58. The summed E-state index contributed by atoms with van der Waals surface area (Å²) >= 11 is 0. The zero-order valence-electron chi connectivity index (χ0n) is 18.9. The van der Waals surface area contributed by atoms with Crippen LogP contribution in [0.4, 0.5) is 4.39 Å². The van der Waals surface area contributed by atoms with Crippen LogP contribution in [0.15, 0.2) is 42.6 Å². The molecule has 1 aromatic heterocycles. The molecule has 0 bridgehead atoms. The van der Waals surface area contributed by atoms with E-state index < -0.39 is 5.82 Å². The van der Waals surface area contributed by atoms with Gasteiger partial charge in [-0.05, 0) is 43.8 Å². The maximum Gasteiger partial charge on any atom is 0.166 e. The molecule has 1 aliphatic rings. The van der Waals surface area contributed by atoms with Crippen LogP contribution in [0.1, 0.15) is 16.8 Å². The highest BCUT2D eigenvalue weighted by Crippen LogP contribution is 2.37. The van der Waals surface area contributed by atoms with Gasteiger partial charge in [0.05, 0.1) is 19.2 Å². The fourth-order valence-electron chi connectivity index (χ4n) is 3.82. The van der Waals surface area contributed by atoms with Gasteiger partial charge >= 0.3 is 0 Å². The maximum absolute atomic E-state index is 14.3. The molecule has 33 heavy (non-hydrogen) atoms. The molecule has 174 valence electrons. The number of nitrogens with zero attached hydrogens (tertiary/aromatic N) is 3. The lowest BCUT2D eigenvalue weighted by atomic mass is 10.1. The average Bonchev–Trinajstić information content (AvgIpc) is 2.83. The minimum atomic E-state index is -0.614. The van der Waals surface area contributed by atoms with Gasteiger partial charge in [0.2, 0.25) is 0 Å². The molecule has 2 heterocycles. The SMILES string of the molecule is COc1cc2c(Oc3ccc(C=O)cc3F)ccnc2cc1OCCCN1CCN(C)CC1. The summed E-state index contributed by atoms with van der Waals surface area (Å²) in [6.45, 7) is 5.93. The number of hydrogen-bond donors (Lipinski definition) is 0. The number of pyridine rings is 1. The Bertz CT molecular complexity index is 1120. The number of carbonyl (C=O) groups excluding carboxylic acids is 1. The first-order valence-electron chi connectivity index (χ1n) is 11.0. The standard InChI is InChI=1S/C25H28FN3O4/c1-28-9-11-29(12-10-28)8-3-13-32-25-16-21-19(15-24(25)31-2)22(6-7-27-21)33-23-5-4-18(17-30)14-20(23)26/h4-7,14-17H,3,8-13H2,1-2H3. The molecular formula is C25H28FN3O4. The normalized spacial score (nSPS) is 14.9. The number of piperazine rings is 1.